The molecule has 6 nitrogen and oxygen atoms in total. The first-order valence-electron chi connectivity index (χ1n) is 9.07. The molecule has 0 unspecified atom stereocenters. The molecule has 0 amide bonds. The molecule has 1 aromatic carbocycles. The lowest BCUT2D eigenvalue weighted by molar-refractivity contribution is 0.461. The van der Waals surface area contributed by atoms with Gasteiger partial charge in [-0.1, -0.05) is 31.4 Å². The number of nitrogens with zero attached hydrogens (tertiary/aromatic N) is 2. The van der Waals surface area contributed by atoms with E-state index in [4.69, 9.17) is 4.98 Å². The van der Waals surface area contributed by atoms with Gasteiger partial charge in [0, 0.05) is 22.7 Å². The van der Waals surface area contributed by atoms with E-state index in [2.05, 4.69) is 15.0 Å². The Hall–Kier alpha value is -2.19. The molecule has 3 aromatic rings. The molecule has 2 N–H and O–H groups in total. The van der Waals surface area contributed by atoms with Gasteiger partial charge in [0.05, 0.1) is 22.7 Å². The van der Waals surface area contributed by atoms with Crippen molar-refractivity contribution in [3.05, 3.63) is 35.8 Å². The summed E-state index contributed by atoms with van der Waals surface area (Å²) in [5.41, 5.74) is 3.35. The van der Waals surface area contributed by atoms with Crippen LogP contribution in [0.1, 0.15) is 32.1 Å². The molecule has 0 saturated heterocycles. The van der Waals surface area contributed by atoms with Gasteiger partial charge in [0.2, 0.25) is 16.0 Å². The number of aromatic nitrogens is 2. The Morgan fingerprint density at radius 3 is 2.78 bits per heavy atom. The molecule has 142 valence electrons. The first-order chi connectivity index (χ1) is 13.0. The van der Waals surface area contributed by atoms with E-state index in [-0.39, 0.29) is 0 Å². The molecular weight excluding hydrogens is 380 g/mol. The van der Waals surface area contributed by atoms with E-state index >= 15 is 0 Å². The first kappa shape index (κ1) is 18.2. The third kappa shape index (κ3) is 4.39. The van der Waals surface area contributed by atoms with Crippen molar-refractivity contribution in [2.45, 2.75) is 38.1 Å². The maximum absolute atomic E-state index is 11.5. The van der Waals surface area contributed by atoms with Crippen LogP contribution in [0.25, 0.3) is 21.3 Å². The van der Waals surface area contributed by atoms with Gasteiger partial charge in [-0.15, -0.1) is 11.3 Å². The summed E-state index contributed by atoms with van der Waals surface area (Å²) in [6.07, 6.45) is 9.16. The van der Waals surface area contributed by atoms with Gasteiger partial charge in [0.25, 0.3) is 0 Å². The normalized spacial score (nSPS) is 15.7. The van der Waals surface area contributed by atoms with Crippen molar-refractivity contribution in [2.24, 2.45) is 0 Å². The average molecular weight is 403 g/mol. The van der Waals surface area contributed by atoms with E-state index < -0.39 is 10.0 Å². The number of hydrogen-bond donors (Lipinski definition) is 2. The molecule has 4 rings (SSSR count). The van der Waals surface area contributed by atoms with Crippen molar-refractivity contribution in [1.29, 1.82) is 0 Å². The van der Waals surface area contributed by atoms with Crippen LogP contribution in [0.4, 0.5) is 11.6 Å². The molecule has 27 heavy (non-hydrogen) atoms. The quantitative estimate of drug-likeness (QED) is 0.658. The van der Waals surface area contributed by atoms with Gasteiger partial charge >= 0.3 is 0 Å². The van der Waals surface area contributed by atoms with Crippen molar-refractivity contribution in [3.8, 4) is 11.1 Å². The van der Waals surface area contributed by atoms with Crippen molar-refractivity contribution in [1.82, 2.24) is 9.97 Å². The lowest BCUT2D eigenvalue weighted by Gasteiger charge is -2.22. The smallest absolute Gasteiger partial charge is 0.229 e. The number of benzene rings is 1. The van der Waals surface area contributed by atoms with Crippen LogP contribution in [-0.4, -0.2) is 30.7 Å². The second kappa shape index (κ2) is 7.44. The van der Waals surface area contributed by atoms with Gasteiger partial charge in [-0.05, 0) is 30.5 Å². The predicted octanol–water partition coefficient (Wildman–Crippen LogP) is 4.47. The zero-order valence-electron chi connectivity index (χ0n) is 15.1. The summed E-state index contributed by atoms with van der Waals surface area (Å²) in [5, 5.41) is 5.52. The van der Waals surface area contributed by atoms with E-state index in [1.165, 1.54) is 19.3 Å². The Kier molecular flexibility index (Phi) is 5.01. The molecule has 0 atom stereocenters. The molecule has 1 aliphatic carbocycles. The highest BCUT2D eigenvalue weighted by Gasteiger charge is 2.16. The number of nitrogens with one attached hydrogen (secondary N) is 2. The summed E-state index contributed by atoms with van der Waals surface area (Å²) >= 11 is 1.59. The van der Waals surface area contributed by atoms with Crippen LogP contribution in [0, 0.1) is 0 Å². The van der Waals surface area contributed by atoms with Crippen LogP contribution >= 0.6 is 11.3 Å². The molecule has 1 fully saturated rings. The lowest BCUT2D eigenvalue weighted by atomic mass is 9.96. The van der Waals surface area contributed by atoms with E-state index in [0.29, 0.717) is 17.7 Å². The molecule has 0 radical (unpaired) electrons. The minimum absolute atomic E-state index is 0.445. The first-order valence-corrected chi connectivity index (χ1v) is 11.8. The molecule has 1 saturated carbocycles. The number of hydrogen-bond acceptors (Lipinski definition) is 6. The molecule has 1 aliphatic rings. The van der Waals surface area contributed by atoms with Crippen molar-refractivity contribution < 1.29 is 8.42 Å². The van der Waals surface area contributed by atoms with E-state index in [1.807, 2.05) is 29.8 Å². The SMILES string of the molecule is CS(=O)(=O)Nc1cccc(-c2csc3cnc(NC4CCCCC4)nc23)c1. The predicted molar refractivity (Wildman–Crippen MR) is 112 cm³/mol. The van der Waals surface area contributed by atoms with Crippen LogP contribution in [0.3, 0.4) is 0 Å². The highest BCUT2D eigenvalue weighted by molar-refractivity contribution is 7.92. The minimum Gasteiger partial charge on any atom is -0.351 e. The number of thiophene rings is 1. The van der Waals surface area contributed by atoms with Gasteiger partial charge in [-0.25, -0.2) is 18.4 Å². The van der Waals surface area contributed by atoms with Gasteiger partial charge < -0.3 is 5.32 Å². The number of fused-ring (bicyclic) bond motifs is 1. The molecule has 0 spiro atoms. The molecule has 2 aromatic heterocycles. The minimum atomic E-state index is -3.31. The Morgan fingerprint density at radius 1 is 1.19 bits per heavy atom. The monoisotopic (exact) mass is 402 g/mol. The summed E-state index contributed by atoms with van der Waals surface area (Å²) in [6, 6.07) is 7.82. The van der Waals surface area contributed by atoms with E-state index in [1.54, 1.807) is 17.4 Å². The zero-order chi connectivity index (χ0) is 18.9. The third-order valence-electron chi connectivity index (χ3n) is 4.73. The lowest BCUT2D eigenvalue weighted by Crippen LogP contribution is -2.23. The zero-order valence-corrected chi connectivity index (χ0v) is 16.7. The third-order valence-corrected chi connectivity index (χ3v) is 6.24. The average Bonchev–Trinajstić information content (AvgIpc) is 3.05. The Labute approximate surface area is 163 Å². The fraction of sp³-hybridized carbons (Fsp3) is 0.368. The summed E-state index contributed by atoms with van der Waals surface area (Å²) in [7, 11) is -3.31. The van der Waals surface area contributed by atoms with Crippen molar-refractivity contribution in [2.75, 3.05) is 16.3 Å². The van der Waals surface area contributed by atoms with Gasteiger partial charge in [0.15, 0.2) is 0 Å². The fourth-order valence-corrected chi connectivity index (χ4v) is 4.92. The second-order valence-corrected chi connectivity index (χ2v) is 9.65. The highest BCUT2D eigenvalue weighted by atomic mass is 32.2. The summed E-state index contributed by atoms with van der Waals surface area (Å²) < 4.78 is 26.6. The molecule has 8 heteroatoms. The van der Waals surface area contributed by atoms with Crippen LogP contribution < -0.4 is 10.0 Å². The molecule has 2 heterocycles. The molecule has 0 aliphatic heterocycles. The second-order valence-electron chi connectivity index (χ2n) is 6.99. The maximum Gasteiger partial charge on any atom is 0.229 e. The van der Waals surface area contributed by atoms with Crippen LogP contribution in [0.5, 0.6) is 0 Å². The Balaban J connectivity index is 1.65. The summed E-state index contributed by atoms with van der Waals surface area (Å²) in [4.78, 5) is 9.23. The highest BCUT2D eigenvalue weighted by Crippen LogP contribution is 2.34. The van der Waals surface area contributed by atoms with E-state index in [9.17, 15) is 8.42 Å². The van der Waals surface area contributed by atoms with Gasteiger partial charge in [0.1, 0.15) is 0 Å². The van der Waals surface area contributed by atoms with Crippen LogP contribution in [0.15, 0.2) is 35.8 Å². The summed E-state index contributed by atoms with van der Waals surface area (Å²) in [6.45, 7) is 0. The topological polar surface area (TPSA) is 84.0 Å². The summed E-state index contributed by atoms with van der Waals surface area (Å²) in [5.74, 6) is 0.666. The largest absolute Gasteiger partial charge is 0.351 e. The van der Waals surface area contributed by atoms with Gasteiger partial charge in [-0.2, -0.15) is 0 Å². The van der Waals surface area contributed by atoms with Crippen molar-refractivity contribution in [3.63, 3.8) is 0 Å². The molecule has 0 bridgehead atoms. The molecular formula is C19H22N4O2S2. The van der Waals surface area contributed by atoms with Crippen molar-refractivity contribution >= 4 is 43.2 Å². The maximum atomic E-state index is 11.5. The number of rotatable bonds is 5. The van der Waals surface area contributed by atoms with E-state index in [0.717, 1.165) is 40.4 Å². The number of anilines is 2. The van der Waals surface area contributed by atoms with Crippen LogP contribution in [-0.2, 0) is 10.0 Å². The fourth-order valence-electron chi connectivity index (χ4n) is 3.50. The Morgan fingerprint density at radius 2 is 2.00 bits per heavy atom. The standard InChI is InChI=1S/C19H22N4O2S2/c1-27(24,25)23-15-9-5-6-13(10-15)16-12-26-17-11-20-19(22-18(16)17)21-14-7-3-2-4-8-14/h5-6,9-12,14,23H,2-4,7-8H2,1H3,(H,20,21,22). The van der Waals surface area contributed by atoms with Crippen LogP contribution in [0.2, 0.25) is 0 Å². The number of sulfonamides is 1. The van der Waals surface area contributed by atoms with Gasteiger partial charge in [-0.3, -0.25) is 4.72 Å². The Bertz CT molecular complexity index is 1060.